The second-order valence-corrected chi connectivity index (χ2v) is 2.42. The molecular formula is C9H12N2O2. The van der Waals surface area contributed by atoms with Gasteiger partial charge in [-0.05, 0) is 19.1 Å². The van der Waals surface area contributed by atoms with E-state index in [4.69, 9.17) is 4.74 Å². The first kappa shape index (κ1) is 9.67. The van der Waals surface area contributed by atoms with Crippen molar-refractivity contribution >= 4 is 11.6 Å². The van der Waals surface area contributed by atoms with Crippen LogP contribution in [0.4, 0.5) is 5.69 Å². The minimum atomic E-state index is -0.145. The van der Waals surface area contributed by atoms with Gasteiger partial charge in [-0.2, -0.15) is 0 Å². The molecule has 1 rings (SSSR count). The highest BCUT2D eigenvalue weighted by atomic mass is 16.5. The topological polar surface area (TPSA) is 51.2 Å². The van der Waals surface area contributed by atoms with Crippen LogP contribution in [0.15, 0.2) is 24.5 Å². The van der Waals surface area contributed by atoms with Crippen LogP contribution in [-0.4, -0.2) is 24.1 Å². The summed E-state index contributed by atoms with van der Waals surface area (Å²) in [5.74, 6) is -0.145. The second kappa shape index (κ2) is 5.27. The minimum absolute atomic E-state index is 0.0961. The number of nitrogens with zero attached hydrogens (tertiary/aromatic N) is 1. The number of rotatable bonds is 4. The number of anilines is 1. The maximum atomic E-state index is 11.1. The second-order valence-electron chi connectivity index (χ2n) is 2.42. The number of hydrogen-bond acceptors (Lipinski definition) is 3. The summed E-state index contributed by atoms with van der Waals surface area (Å²) in [4.78, 5) is 14.9. The van der Waals surface area contributed by atoms with Crippen molar-refractivity contribution in [1.82, 2.24) is 4.98 Å². The first-order chi connectivity index (χ1) is 6.33. The van der Waals surface area contributed by atoms with Crippen molar-refractivity contribution in [2.75, 3.05) is 18.5 Å². The molecule has 0 aliphatic heterocycles. The molecule has 0 saturated carbocycles. The highest BCUT2D eigenvalue weighted by Crippen LogP contribution is 2.02. The van der Waals surface area contributed by atoms with Gasteiger partial charge in [0.1, 0.15) is 6.61 Å². The lowest BCUT2D eigenvalue weighted by Crippen LogP contribution is -2.18. The van der Waals surface area contributed by atoms with Gasteiger partial charge in [-0.15, -0.1) is 0 Å². The number of amides is 1. The summed E-state index contributed by atoms with van der Waals surface area (Å²) in [6, 6.07) is 3.45. The number of pyridine rings is 1. The van der Waals surface area contributed by atoms with Crippen LogP contribution >= 0.6 is 0 Å². The number of ether oxygens (including phenoxy) is 1. The monoisotopic (exact) mass is 180 g/mol. The van der Waals surface area contributed by atoms with Crippen LogP contribution in [0.5, 0.6) is 0 Å². The number of nitrogens with one attached hydrogen (secondary N) is 1. The van der Waals surface area contributed by atoms with Crippen molar-refractivity contribution < 1.29 is 9.53 Å². The van der Waals surface area contributed by atoms with E-state index in [1.165, 1.54) is 0 Å². The van der Waals surface area contributed by atoms with Gasteiger partial charge in [-0.1, -0.05) is 0 Å². The Morgan fingerprint density at radius 2 is 2.23 bits per heavy atom. The number of aromatic nitrogens is 1. The molecular weight excluding hydrogens is 168 g/mol. The molecule has 4 nitrogen and oxygen atoms in total. The summed E-state index contributed by atoms with van der Waals surface area (Å²) in [6.07, 6.45) is 3.24. The minimum Gasteiger partial charge on any atom is -0.372 e. The lowest BCUT2D eigenvalue weighted by molar-refractivity contribution is -0.120. The fraction of sp³-hybridized carbons (Fsp3) is 0.333. The molecule has 1 heterocycles. The van der Waals surface area contributed by atoms with Gasteiger partial charge >= 0.3 is 0 Å². The van der Waals surface area contributed by atoms with E-state index >= 15 is 0 Å². The molecule has 0 spiro atoms. The predicted octanol–water partition coefficient (Wildman–Crippen LogP) is 1.06. The molecule has 0 unspecified atom stereocenters. The Bertz CT molecular complexity index is 262. The molecule has 0 aliphatic carbocycles. The van der Waals surface area contributed by atoms with Gasteiger partial charge < -0.3 is 10.1 Å². The molecule has 1 aromatic rings. The lowest BCUT2D eigenvalue weighted by Gasteiger charge is -2.03. The molecule has 0 radical (unpaired) electrons. The molecule has 13 heavy (non-hydrogen) atoms. The van der Waals surface area contributed by atoms with Gasteiger partial charge in [-0.25, -0.2) is 0 Å². The SMILES string of the molecule is CCOCC(=O)Nc1ccncc1. The fourth-order valence-corrected chi connectivity index (χ4v) is 0.827. The smallest absolute Gasteiger partial charge is 0.250 e. The molecule has 70 valence electrons. The van der Waals surface area contributed by atoms with Crippen LogP contribution in [0.2, 0.25) is 0 Å². The van der Waals surface area contributed by atoms with E-state index in [2.05, 4.69) is 10.3 Å². The molecule has 4 heteroatoms. The zero-order valence-corrected chi connectivity index (χ0v) is 7.49. The third kappa shape index (κ3) is 3.66. The third-order valence-corrected chi connectivity index (χ3v) is 1.40. The highest BCUT2D eigenvalue weighted by Gasteiger charge is 2.00. The van der Waals surface area contributed by atoms with E-state index in [9.17, 15) is 4.79 Å². The van der Waals surface area contributed by atoms with Crippen LogP contribution in [0.3, 0.4) is 0 Å². The third-order valence-electron chi connectivity index (χ3n) is 1.40. The van der Waals surface area contributed by atoms with Crippen molar-refractivity contribution in [2.45, 2.75) is 6.92 Å². The van der Waals surface area contributed by atoms with E-state index in [0.29, 0.717) is 6.61 Å². The zero-order valence-electron chi connectivity index (χ0n) is 7.49. The van der Waals surface area contributed by atoms with Crippen LogP contribution in [0.25, 0.3) is 0 Å². The predicted molar refractivity (Wildman–Crippen MR) is 49.4 cm³/mol. The molecule has 1 amide bonds. The van der Waals surface area contributed by atoms with Crippen molar-refractivity contribution in [1.29, 1.82) is 0 Å². The molecule has 1 N–H and O–H groups in total. The van der Waals surface area contributed by atoms with Gasteiger partial charge in [0, 0.05) is 24.7 Å². The maximum absolute atomic E-state index is 11.1. The Morgan fingerprint density at radius 3 is 2.85 bits per heavy atom. The van der Waals surface area contributed by atoms with E-state index in [1.807, 2.05) is 6.92 Å². The highest BCUT2D eigenvalue weighted by molar-refractivity contribution is 5.91. The Morgan fingerprint density at radius 1 is 1.54 bits per heavy atom. The Hall–Kier alpha value is -1.42. The van der Waals surface area contributed by atoms with Gasteiger partial charge in [0.2, 0.25) is 5.91 Å². The largest absolute Gasteiger partial charge is 0.372 e. The first-order valence-corrected chi connectivity index (χ1v) is 4.10. The van der Waals surface area contributed by atoms with Crippen molar-refractivity contribution in [3.8, 4) is 0 Å². The summed E-state index contributed by atoms with van der Waals surface area (Å²) < 4.78 is 4.94. The Kier molecular flexibility index (Phi) is 3.92. The van der Waals surface area contributed by atoms with Gasteiger partial charge in [-0.3, -0.25) is 9.78 Å². The number of carbonyl (C=O) groups is 1. The van der Waals surface area contributed by atoms with Crippen LogP contribution in [0.1, 0.15) is 6.92 Å². The summed E-state index contributed by atoms with van der Waals surface area (Å²) in [6.45, 7) is 2.49. The van der Waals surface area contributed by atoms with Gasteiger partial charge in [0.15, 0.2) is 0 Å². The first-order valence-electron chi connectivity index (χ1n) is 4.10. The molecule has 1 aromatic heterocycles. The normalized spacial score (nSPS) is 9.62. The van der Waals surface area contributed by atoms with Crippen molar-refractivity contribution in [3.05, 3.63) is 24.5 Å². The van der Waals surface area contributed by atoms with Crippen LogP contribution in [-0.2, 0) is 9.53 Å². The van der Waals surface area contributed by atoms with Gasteiger partial charge in [0.05, 0.1) is 0 Å². The molecule has 0 atom stereocenters. The van der Waals surface area contributed by atoms with E-state index in [1.54, 1.807) is 24.5 Å². The van der Waals surface area contributed by atoms with Crippen LogP contribution in [0, 0.1) is 0 Å². The molecule has 0 aliphatic rings. The van der Waals surface area contributed by atoms with Crippen molar-refractivity contribution in [3.63, 3.8) is 0 Å². The lowest BCUT2D eigenvalue weighted by atomic mass is 10.4. The quantitative estimate of drug-likeness (QED) is 0.753. The summed E-state index contributed by atoms with van der Waals surface area (Å²) >= 11 is 0. The van der Waals surface area contributed by atoms with E-state index in [0.717, 1.165) is 5.69 Å². The molecule has 0 bridgehead atoms. The summed E-state index contributed by atoms with van der Waals surface area (Å²) in [5.41, 5.74) is 0.736. The average molecular weight is 180 g/mol. The molecule has 0 fully saturated rings. The summed E-state index contributed by atoms with van der Waals surface area (Å²) in [5, 5.41) is 2.67. The van der Waals surface area contributed by atoms with E-state index < -0.39 is 0 Å². The van der Waals surface area contributed by atoms with Gasteiger partial charge in [0.25, 0.3) is 0 Å². The summed E-state index contributed by atoms with van der Waals surface area (Å²) in [7, 11) is 0. The van der Waals surface area contributed by atoms with Crippen molar-refractivity contribution in [2.24, 2.45) is 0 Å². The standard InChI is InChI=1S/C9H12N2O2/c1-2-13-7-9(12)11-8-3-5-10-6-4-8/h3-6H,2,7H2,1H3,(H,10,11,12). The van der Waals surface area contributed by atoms with E-state index in [-0.39, 0.29) is 12.5 Å². The molecule has 0 aromatic carbocycles. The molecule has 0 saturated heterocycles. The number of hydrogen-bond donors (Lipinski definition) is 1. The average Bonchev–Trinajstić information content (AvgIpc) is 2.16. The maximum Gasteiger partial charge on any atom is 0.250 e. The Balaban J connectivity index is 2.37. The Labute approximate surface area is 76.9 Å². The number of carbonyl (C=O) groups excluding carboxylic acids is 1. The van der Waals surface area contributed by atoms with Crippen LogP contribution < -0.4 is 5.32 Å². The zero-order chi connectivity index (χ0) is 9.52. The fourth-order valence-electron chi connectivity index (χ4n) is 0.827.